The van der Waals surface area contributed by atoms with Crippen molar-refractivity contribution in [2.24, 2.45) is 0 Å². The number of rotatable bonds is 2. The number of anilines is 1. The maximum Gasteiger partial charge on any atom is 0.434 e. The Morgan fingerprint density at radius 1 is 1.56 bits per heavy atom. The predicted molar refractivity (Wildman–Crippen MR) is 62.3 cm³/mol. The first-order chi connectivity index (χ1) is 8.20. The summed E-state index contributed by atoms with van der Waals surface area (Å²) in [5, 5.41) is -0.478. The molecule has 0 atom stereocenters. The molecule has 0 aliphatic carbocycles. The van der Waals surface area contributed by atoms with Gasteiger partial charge in [-0.25, -0.2) is 9.78 Å². The van der Waals surface area contributed by atoms with Crippen LogP contribution in [0.5, 0.6) is 0 Å². The van der Waals surface area contributed by atoms with Crippen molar-refractivity contribution in [3.63, 3.8) is 0 Å². The Bertz CT molecular complexity index is 494. The number of hydrogen-bond acceptors (Lipinski definition) is 4. The number of carbonyl (C=O) groups is 1. The number of alkyl halides is 3. The molecule has 2 N–H and O–H groups in total. The molecule has 0 bridgehead atoms. The van der Waals surface area contributed by atoms with Gasteiger partial charge in [0.2, 0.25) is 0 Å². The van der Waals surface area contributed by atoms with Gasteiger partial charge < -0.3 is 10.5 Å². The molecule has 0 amide bonds. The van der Waals surface area contributed by atoms with Crippen LogP contribution < -0.4 is 5.73 Å². The number of esters is 1. The van der Waals surface area contributed by atoms with Gasteiger partial charge in [0, 0.05) is 0 Å². The van der Waals surface area contributed by atoms with Gasteiger partial charge in [0.25, 0.3) is 0 Å². The summed E-state index contributed by atoms with van der Waals surface area (Å²) in [5.41, 5.74) is 3.62. The molecule has 0 aliphatic rings. The average Bonchev–Trinajstić information content (AvgIpc) is 2.22. The molecule has 9 heteroatoms. The van der Waals surface area contributed by atoms with Gasteiger partial charge in [-0.15, -0.1) is 0 Å². The highest BCUT2D eigenvalue weighted by Gasteiger charge is 2.38. The minimum atomic E-state index is -4.73. The second-order valence-corrected chi connectivity index (χ2v) is 4.24. The van der Waals surface area contributed by atoms with Crippen LogP contribution in [0.3, 0.4) is 0 Å². The standard InChI is InChI=1S/C9H7BrClF3N2O2/c1-2-18-8(17)3-5(11)4(10)6(9(12,13)14)16-7(3)15/h2H2,1H3,(H2,15,16). The quantitative estimate of drug-likeness (QED) is 0.834. The van der Waals surface area contributed by atoms with Crippen LogP contribution >= 0.6 is 27.5 Å². The molecule has 4 nitrogen and oxygen atoms in total. The van der Waals surface area contributed by atoms with Gasteiger partial charge in [0.15, 0.2) is 5.69 Å². The Labute approximate surface area is 113 Å². The number of aromatic nitrogens is 1. The molecule has 0 fully saturated rings. The smallest absolute Gasteiger partial charge is 0.434 e. The van der Waals surface area contributed by atoms with E-state index in [-0.39, 0.29) is 6.61 Å². The topological polar surface area (TPSA) is 65.2 Å². The van der Waals surface area contributed by atoms with E-state index in [2.05, 4.69) is 25.7 Å². The van der Waals surface area contributed by atoms with Gasteiger partial charge in [0.1, 0.15) is 11.4 Å². The summed E-state index contributed by atoms with van der Waals surface area (Å²) in [6.07, 6.45) is -4.73. The van der Waals surface area contributed by atoms with E-state index in [4.69, 9.17) is 17.3 Å². The number of nitrogens with two attached hydrogens (primary N) is 1. The summed E-state index contributed by atoms with van der Waals surface area (Å²) < 4.78 is 41.8. The third-order valence-electron chi connectivity index (χ3n) is 1.86. The molecule has 100 valence electrons. The number of pyridine rings is 1. The molecule has 0 radical (unpaired) electrons. The highest BCUT2D eigenvalue weighted by molar-refractivity contribution is 9.10. The number of halogens is 5. The predicted octanol–water partition coefficient (Wildman–Crippen LogP) is 3.28. The molecule has 1 heterocycles. The Morgan fingerprint density at radius 3 is 2.56 bits per heavy atom. The first-order valence-electron chi connectivity index (χ1n) is 4.58. The minimum absolute atomic E-state index is 0.0350. The van der Waals surface area contributed by atoms with Crippen LogP contribution in [0.4, 0.5) is 19.0 Å². The molecule has 0 aromatic carbocycles. The molecular weight excluding hydrogens is 340 g/mol. The lowest BCUT2D eigenvalue weighted by Gasteiger charge is -2.13. The fraction of sp³-hybridized carbons (Fsp3) is 0.333. The van der Waals surface area contributed by atoms with Crippen LogP contribution in [0, 0.1) is 0 Å². The van der Waals surface area contributed by atoms with Crippen LogP contribution in [-0.4, -0.2) is 17.6 Å². The van der Waals surface area contributed by atoms with E-state index in [0.29, 0.717) is 0 Å². The van der Waals surface area contributed by atoms with Crippen molar-refractivity contribution >= 4 is 39.3 Å². The normalized spacial score (nSPS) is 11.4. The third kappa shape index (κ3) is 2.86. The zero-order valence-electron chi connectivity index (χ0n) is 8.94. The monoisotopic (exact) mass is 346 g/mol. The number of carbonyl (C=O) groups excluding carboxylic acids is 1. The van der Waals surface area contributed by atoms with Crippen molar-refractivity contribution in [1.82, 2.24) is 4.98 Å². The van der Waals surface area contributed by atoms with Crippen LogP contribution in [0.25, 0.3) is 0 Å². The van der Waals surface area contributed by atoms with Crippen molar-refractivity contribution in [2.45, 2.75) is 13.1 Å². The van der Waals surface area contributed by atoms with Gasteiger partial charge in [-0.3, -0.25) is 0 Å². The summed E-state index contributed by atoms with van der Waals surface area (Å²) in [6.45, 7) is 1.57. The van der Waals surface area contributed by atoms with Crippen molar-refractivity contribution < 1.29 is 22.7 Å². The van der Waals surface area contributed by atoms with Crippen LogP contribution in [0.2, 0.25) is 5.02 Å². The van der Waals surface area contributed by atoms with Gasteiger partial charge in [-0.2, -0.15) is 13.2 Å². The van der Waals surface area contributed by atoms with E-state index >= 15 is 0 Å². The van der Waals surface area contributed by atoms with Gasteiger partial charge in [-0.1, -0.05) is 11.6 Å². The molecule has 0 unspecified atom stereocenters. The molecular formula is C9H7BrClF3N2O2. The first kappa shape index (κ1) is 15.0. The fourth-order valence-electron chi connectivity index (χ4n) is 1.14. The summed E-state index contributed by atoms with van der Waals surface area (Å²) in [6, 6.07) is 0. The fourth-order valence-corrected chi connectivity index (χ4v) is 1.91. The van der Waals surface area contributed by atoms with E-state index in [1.54, 1.807) is 0 Å². The Hall–Kier alpha value is -1.02. The molecule has 18 heavy (non-hydrogen) atoms. The lowest BCUT2D eigenvalue weighted by Crippen LogP contribution is -2.16. The van der Waals surface area contributed by atoms with Crippen LogP contribution in [0.15, 0.2) is 4.47 Å². The average molecular weight is 348 g/mol. The molecule has 0 saturated carbocycles. The maximum atomic E-state index is 12.6. The lowest BCUT2D eigenvalue weighted by atomic mass is 10.2. The number of nitrogens with zero attached hydrogens (tertiary/aromatic N) is 1. The molecule has 1 aromatic heterocycles. The van der Waals surface area contributed by atoms with Crippen molar-refractivity contribution in [1.29, 1.82) is 0 Å². The van der Waals surface area contributed by atoms with E-state index in [9.17, 15) is 18.0 Å². The van der Waals surface area contributed by atoms with E-state index in [1.165, 1.54) is 6.92 Å². The summed E-state index contributed by atoms with van der Waals surface area (Å²) in [5.74, 6) is -1.56. The largest absolute Gasteiger partial charge is 0.462 e. The lowest BCUT2D eigenvalue weighted by molar-refractivity contribution is -0.141. The highest BCUT2D eigenvalue weighted by atomic mass is 79.9. The van der Waals surface area contributed by atoms with Crippen LogP contribution in [0.1, 0.15) is 23.0 Å². The van der Waals surface area contributed by atoms with Crippen molar-refractivity contribution in [3.8, 4) is 0 Å². The van der Waals surface area contributed by atoms with E-state index in [1.807, 2.05) is 0 Å². The molecule has 0 saturated heterocycles. The maximum absolute atomic E-state index is 12.6. The van der Waals surface area contributed by atoms with Gasteiger partial charge >= 0.3 is 12.1 Å². The second kappa shape index (κ2) is 5.31. The zero-order chi connectivity index (χ0) is 14.1. The van der Waals surface area contributed by atoms with Crippen molar-refractivity contribution in [2.75, 3.05) is 12.3 Å². The molecule has 1 rings (SSSR count). The van der Waals surface area contributed by atoms with Gasteiger partial charge in [0.05, 0.1) is 16.1 Å². The Balaban J connectivity index is 3.43. The summed E-state index contributed by atoms with van der Waals surface area (Å²) >= 11 is 8.32. The first-order valence-corrected chi connectivity index (χ1v) is 5.76. The molecule has 1 aromatic rings. The van der Waals surface area contributed by atoms with Gasteiger partial charge in [-0.05, 0) is 22.9 Å². The highest BCUT2D eigenvalue weighted by Crippen LogP contribution is 2.40. The second-order valence-electron chi connectivity index (χ2n) is 3.07. The molecule has 0 spiro atoms. The minimum Gasteiger partial charge on any atom is -0.462 e. The number of ether oxygens (including phenoxy) is 1. The van der Waals surface area contributed by atoms with Crippen LogP contribution in [-0.2, 0) is 10.9 Å². The van der Waals surface area contributed by atoms with E-state index < -0.39 is 38.7 Å². The third-order valence-corrected chi connectivity index (χ3v) is 3.23. The van der Waals surface area contributed by atoms with E-state index in [0.717, 1.165) is 0 Å². The summed E-state index contributed by atoms with van der Waals surface area (Å²) in [4.78, 5) is 14.6. The van der Waals surface area contributed by atoms with Crippen molar-refractivity contribution in [3.05, 3.63) is 20.8 Å². The Morgan fingerprint density at radius 2 is 2.11 bits per heavy atom. The summed E-state index contributed by atoms with van der Waals surface area (Å²) in [7, 11) is 0. The Kier molecular flexibility index (Phi) is 4.44. The zero-order valence-corrected chi connectivity index (χ0v) is 11.3. The molecule has 0 aliphatic heterocycles. The SMILES string of the molecule is CCOC(=O)c1c(N)nc(C(F)(F)F)c(Br)c1Cl. The number of nitrogen functional groups attached to an aromatic ring is 1. The number of hydrogen-bond donors (Lipinski definition) is 1.